The van der Waals surface area contributed by atoms with Gasteiger partial charge in [-0.15, -0.1) is 0 Å². The number of benzene rings is 1. The molecule has 1 amide bonds. The molecule has 1 aliphatic heterocycles. The van der Waals surface area contributed by atoms with Gasteiger partial charge in [-0.05, 0) is 67.0 Å². The van der Waals surface area contributed by atoms with Crippen molar-refractivity contribution in [3.8, 4) is 0 Å². The van der Waals surface area contributed by atoms with Crippen molar-refractivity contribution in [3.05, 3.63) is 120 Å². The van der Waals surface area contributed by atoms with Gasteiger partial charge in [0.1, 0.15) is 0 Å². The van der Waals surface area contributed by atoms with Crippen LogP contribution in [0, 0.1) is 6.92 Å². The minimum atomic E-state index is -0.186. The number of pyridine rings is 1. The number of rotatable bonds is 7. The van der Waals surface area contributed by atoms with Gasteiger partial charge < -0.3 is 16.0 Å². The third-order valence-corrected chi connectivity index (χ3v) is 5.49. The van der Waals surface area contributed by atoms with Crippen molar-refractivity contribution in [1.82, 2.24) is 25.4 Å². The van der Waals surface area contributed by atoms with Crippen LogP contribution in [0.3, 0.4) is 0 Å². The zero-order chi connectivity index (χ0) is 24.1. The molecule has 3 heterocycles. The summed E-state index contributed by atoms with van der Waals surface area (Å²) >= 11 is 0. The van der Waals surface area contributed by atoms with E-state index in [1.54, 1.807) is 23.2 Å². The third-order valence-electron chi connectivity index (χ3n) is 5.49. The van der Waals surface area contributed by atoms with E-state index in [2.05, 4.69) is 45.6 Å². The van der Waals surface area contributed by atoms with Gasteiger partial charge >= 0.3 is 0 Å². The molecule has 1 atom stereocenters. The number of carbonyl (C=O) groups excluding carboxylic acids is 1. The number of anilines is 1. The van der Waals surface area contributed by atoms with Crippen molar-refractivity contribution < 1.29 is 7.65 Å². The summed E-state index contributed by atoms with van der Waals surface area (Å²) < 4.78 is 1.78. The molecule has 0 radical (unpaired) electrons. The van der Waals surface area contributed by atoms with Crippen molar-refractivity contribution in [2.45, 2.75) is 19.9 Å². The smallest absolute Gasteiger partial charge is 0.257 e. The van der Waals surface area contributed by atoms with Gasteiger partial charge in [0.25, 0.3) is 5.91 Å². The standard InChI is InChI=1S/C27H28N6O.2H2/c1-5-25(26-13-21(9-10-29-26)23-16-30-33(4)17-23)31-19(3)20-7-6-8-24(12-20)32-27(34)22-11-18(2)14-28-15-22;;/h5-17,19,29,31H,1H2,2-4H3,(H,32,34);2*1H/b26-25+;;/t19-;;/m0../s1. The quantitative estimate of drug-likeness (QED) is 0.460. The van der Waals surface area contributed by atoms with Crippen LogP contribution in [0.25, 0.3) is 5.57 Å². The van der Waals surface area contributed by atoms with E-state index in [0.717, 1.165) is 39.3 Å². The Bertz CT molecular complexity index is 1330. The molecule has 3 N–H and O–H groups in total. The monoisotopic (exact) mass is 456 g/mol. The second-order valence-corrected chi connectivity index (χ2v) is 8.21. The molecule has 7 nitrogen and oxygen atoms in total. The van der Waals surface area contributed by atoms with Gasteiger partial charge in [0.2, 0.25) is 0 Å². The van der Waals surface area contributed by atoms with Crippen LogP contribution in [0.4, 0.5) is 5.69 Å². The molecule has 2 aromatic heterocycles. The second-order valence-electron chi connectivity index (χ2n) is 8.21. The van der Waals surface area contributed by atoms with Gasteiger partial charge in [0, 0.05) is 52.0 Å². The molecule has 1 aromatic carbocycles. The van der Waals surface area contributed by atoms with Crippen molar-refractivity contribution in [2.24, 2.45) is 7.05 Å². The van der Waals surface area contributed by atoms with Crippen LogP contribution in [0.1, 0.15) is 42.9 Å². The van der Waals surface area contributed by atoms with Gasteiger partial charge in [-0.25, -0.2) is 0 Å². The summed E-state index contributed by atoms with van der Waals surface area (Å²) in [7, 11) is 1.90. The lowest BCUT2D eigenvalue weighted by Crippen LogP contribution is -2.22. The summed E-state index contributed by atoms with van der Waals surface area (Å²) in [5.41, 5.74) is 7.12. The van der Waals surface area contributed by atoms with E-state index >= 15 is 0 Å². The molecule has 3 aromatic rings. The summed E-state index contributed by atoms with van der Waals surface area (Å²) in [5, 5.41) is 14.0. The van der Waals surface area contributed by atoms with Crippen molar-refractivity contribution in [2.75, 3.05) is 5.32 Å². The molecule has 0 unspecified atom stereocenters. The lowest BCUT2D eigenvalue weighted by atomic mass is 10.0. The Morgan fingerprint density at radius 1 is 1.26 bits per heavy atom. The largest absolute Gasteiger partial charge is 0.377 e. The molecule has 0 saturated heterocycles. The highest BCUT2D eigenvalue weighted by molar-refractivity contribution is 6.04. The van der Waals surface area contributed by atoms with Crippen molar-refractivity contribution in [1.29, 1.82) is 0 Å². The zero-order valence-electron chi connectivity index (χ0n) is 19.5. The summed E-state index contributed by atoms with van der Waals surface area (Å²) in [6.45, 7) is 7.97. The van der Waals surface area contributed by atoms with E-state index in [4.69, 9.17) is 0 Å². The maximum atomic E-state index is 12.6. The Kier molecular flexibility index (Phi) is 6.73. The Labute approximate surface area is 202 Å². The summed E-state index contributed by atoms with van der Waals surface area (Å²) in [5.74, 6) is -0.186. The molecular weight excluding hydrogens is 424 g/mol. The predicted octanol–water partition coefficient (Wildman–Crippen LogP) is 5.12. The first-order valence-corrected chi connectivity index (χ1v) is 11.0. The van der Waals surface area contributed by atoms with E-state index in [-0.39, 0.29) is 14.8 Å². The Hall–Kier alpha value is -4.39. The van der Waals surface area contributed by atoms with Gasteiger partial charge in [-0.2, -0.15) is 5.10 Å². The first-order valence-electron chi connectivity index (χ1n) is 11.0. The van der Waals surface area contributed by atoms with Gasteiger partial charge in [-0.3, -0.25) is 14.5 Å². The predicted molar refractivity (Wildman–Crippen MR) is 140 cm³/mol. The number of nitrogens with one attached hydrogen (secondary N) is 3. The molecule has 0 fully saturated rings. The Morgan fingerprint density at radius 2 is 2.12 bits per heavy atom. The maximum Gasteiger partial charge on any atom is 0.257 e. The normalized spacial score (nSPS) is 15.1. The number of aromatic nitrogens is 3. The third kappa shape index (κ3) is 5.32. The average molecular weight is 457 g/mol. The number of aryl methyl sites for hydroxylation is 2. The molecule has 0 saturated carbocycles. The molecule has 0 aliphatic carbocycles. The summed E-state index contributed by atoms with van der Waals surface area (Å²) in [4.78, 5) is 16.7. The van der Waals surface area contributed by atoms with Crippen LogP contribution >= 0.6 is 0 Å². The molecule has 0 bridgehead atoms. The van der Waals surface area contributed by atoms with Crippen molar-refractivity contribution >= 4 is 17.2 Å². The van der Waals surface area contributed by atoms with Crippen LogP contribution in [-0.4, -0.2) is 20.7 Å². The zero-order valence-corrected chi connectivity index (χ0v) is 19.5. The number of hydrogen-bond donors (Lipinski definition) is 3. The highest BCUT2D eigenvalue weighted by atomic mass is 16.1. The number of hydrogen-bond acceptors (Lipinski definition) is 5. The average Bonchev–Trinajstić information content (AvgIpc) is 3.29. The number of dihydropyridines is 1. The number of allylic oxidation sites excluding steroid dienone is 4. The van der Waals surface area contributed by atoms with E-state index < -0.39 is 0 Å². The number of nitrogens with zero attached hydrogens (tertiary/aromatic N) is 3. The van der Waals surface area contributed by atoms with E-state index in [1.165, 1.54) is 0 Å². The number of amides is 1. The fraction of sp³-hybridized carbons (Fsp3) is 0.148. The van der Waals surface area contributed by atoms with E-state index in [9.17, 15) is 4.79 Å². The summed E-state index contributed by atoms with van der Waals surface area (Å²) in [6, 6.07) is 9.59. The lowest BCUT2D eigenvalue weighted by Gasteiger charge is -2.21. The highest BCUT2D eigenvalue weighted by Crippen LogP contribution is 2.23. The first-order chi connectivity index (χ1) is 16.4. The summed E-state index contributed by atoms with van der Waals surface area (Å²) in [6.07, 6.45) is 14.9. The molecule has 1 aliphatic rings. The van der Waals surface area contributed by atoms with Gasteiger partial charge in [-0.1, -0.05) is 18.7 Å². The molecule has 4 rings (SSSR count). The molecule has 7 heteroatoms. The van der Waals surface area contributed by atoms with E-state index in [0.29, 0.717) is 5.56 Å². The van der Waals surface area contributed by atoms with Crippen molar-refractivity contribution in [3.63, 3.8) is 0 Å². The van der Waals surface area contributed by atoms with Crippen LogP contribution in [0.5, 0.6) is 0 Å². The molecule has 34 heavy (non-hydrogen) atoms. The maximum absolute atomic E-state index is 12.6. The van der Waals surface area contributed by atoms with Crippen LogP contribution < -0.4 is 16.0 Å². The van der Waals surface area contributed by atoms with Crippen LogP contribution in [-0.2, 0) is 7.05 Å². The minimum Gasteiger partial charge on any atom is -0.377 e. The second kappa shape index (κ2) is 10.0. The molecule has 0 spiro atoms. The molecular formula is C27H32N6O. The topological polar surface area (TPSA) is 83.9 Å². The number of carbonyl (C=O) groups is 1. The van der Waals surface area contributed by atoms with Crippen LogP contribution in [0.2, 0.25) is 0 Å². The minimum absolute atomic E-state index is 0. The van der Waals surface area contributed by atoms with E-state index in [1.807, 2.05) is 69.0 Å². The Balaban J connectivity index is 0.00000228. The fourth-order valence-electron chi connectivity index (χ4n) is 3.70. The first kappa shape index (κ1) is 22.8. The SMILES string of the molecule is C=C/C(N[C@@H](C)c1cccc(NC(=O)c2cncc(C)c2)c1)=C1/C=C(c2cnn(C)c2)C=CN1.[HH].[HH]. The lowest BCUT2D eigenvalue weighted by molar-refractivity contribution is 0.102. The fourth-order valence-corrected chi connectivity index (χ4v) is 3.70. The van der Waals surface area contributed by atoms with Gasteiger partial charge in [0.05, 0.1) is 23.2 Å². The van der Waals surface area contributed by atoms with Crippen LogP contribution in [0.15, 0.2) is 97.5 Å². The van der Waals surface area contributed by atoms with Gasteiger partial charge in [0.15, 0.2) is 0 Å². The molecule has 176 valence electrons. The highest BCUT2D eigenvalue weighted by Gasteiger charge is 2.13. The Morgan fingerprint density at radius 3 is 2.85 bits per heavy atom.